The number of hydrogen-bond donors (Lipinski definition) is 1. The lowest BCUT2D eigenvalue weighted by Crippen LogP contribution is -2.58. The lowest BCUT2D eigenvalue weighted by molar-refractivity contribution is -0.137. The van der Waals surface area contributed by atoms with Gasteiger partial charge in [0.25, 0.3) is 0 Å². The number of carbonyl (C=O) groups excluding carboxylic acids is 2. The summed E-state index contributed by atoms with van der Waals surface area (Å²) in [5.74, 6) is -0.820. The molecular weight excluding hydrogens is 410 g/mol. The Hall–Kier alpha value is -2.56. The van der Waals surface area contributed by atoms with Crippen LogP contribution in [0.2, 0.25) is 0 Å². The SMILES string of the molecule is O=C1NC(C2CCN(C(=O)N3CC(OCc4ccc(C(F)(F)F)cc4F)C3)C2)CO1. The highest BCUT2D eigenvalue weighted by Crippen LogP contribution is 2.30. The molecular formula is C19H21F4N3O4. The van der Waals surface area contributed by atoms with Crippen LogP contribution in [0.1, 0.15) is 17.5 Å². The van der Waals surface area contributed by atoms with E-state index in [2.05, 4.69) is 5.32 Å². The van der Waals surface area contributed by atoms with Gasteiger partial charge in [0.05, 0.1) is 37.4 Å². The lowest BCUT2D eigenvalue weighted by atomic mass is 10.0. The van der Waals surface area contributed by atoms with Crippen molar-refractivity contribution in [2.45, 2.75) is 31.3 Å². The number of nitrogens with zero attached hydrogens (tertiary/aromatic N) is 2. The standard InChI is InChI=1S/C19H21F4N3O4/c20-15-5-13(19(21,22)23)2-1-12(15)9-29-14-7-26(8-14)18(28)25-4-3-11(6-25)16-10-30-17(27)24-16/h1-2,5,11,14,16H,3-4,6-10H2,(H,24,27). The predicted molar refractivity (Wildman–Crippen MR) is 94.9 cm³/mol. The number of alkyl carbamates (subject to hydrolysis) is 1. The third-order valence-corrected chi connectivity index (χ3v) is 5.73. The van der Waals surface area contributed by atoms with Gasteiger partial charge in [0, 0.05) is 24.6 Å². The van der Waals surface area contributed by atoms with Crippen molar-refractivity contribution in [3.05, 3.63) is 35.1 Å². The molecule has 3 fully saturated rings. The first-order valence-corrected chi connectivity index (χ1v) is 9.65. The zero-order valence-corrected chi connectivity index (χ0v) is 16.0. The van der Waals surface area contributed by atoms with Gasteiger partial charge in [0.1, 0.15) is 12.4 Å². The van der Waals surface area contributed by atoms with Crippen molar-refractivity contribution in [2.24, 2.45) is 5.92 Å². The Morgan fingerprint density at radius 2 is 2.00 bits per heavy atom. The largest absolute Gasteiger partial charge is 0.447 e. The molecule has 3 saturated heterocycles. The van der Waals surface area contributed by atoms with Gasteiger partial charge in [0.2, 0.25) is 0 Å². The minimum Gasteiger partial charge on any atom is -0.447 e. The Morgan fingerprint density at radius 1 is 1.23 bits per heavy atom. The monoisotopic (exact) mass is 431 g/mol. The summed E-state index contributed by atoms with van der Waals surface area (Å²) in [5.41, 5.74) is -1.01. The molecule has 2 atom stereocenters. The molecule has 2 unspecified atom stereocenters. The minimum absolute atomic E-state index is 0.0380. The fraction of sp³-hybridized carbons (Fsp3) is 0.579. The fourth-order valence-electron chi connectivity index (χ4n) is 3.89. The molecule has 0 saturated carbocycles. The molecule has 1 N–H and O–H groups in total. The first-order chi connectivity index (χ1) is 14.2. The van der Waals surface area contributed by atoms with Crippen LogP contribution in [0.25, 0.3) is 0 Å². The number of rotatable bonds is 4. The average molecular weight is 431 g/mol. The van der Waals surface area contributed by atoms with E-state index in [4.69, 9.17) is 9.47 Å². The number of carbonyl (C=O) groups is 2. The van der Waals surface area contributed by atoms with Crippen LogP contribution in [0, 0.1) is 11.7 Å². The number of amides is 3. The molecule has 1 aromatic carbocycles. The summed E-state index contributed by atoms with van der Waals surface area (Å²) in [6.45, 7) is 1.95. The Balaban J connectivity index is 1.21. The molecule has 3 aliphatic heterocycles. The van der Waals surface area contributed by atoms with Crippen LogP contribution in [-0.4, -0.2) is 66.9 Å². The number of ether oxygens (including phenoxy) is 2. The zero-order valence-electron chi connectivity index (χ0n) is 16.0. The molecule has 11 heteroatoms. The van der Waals surface area contributed by atoms with Gasteiger partial charge >= 0.3 is 18.3 Å². The Morgan fingerprint density at radius 3 is 2.63 bits per heavy atom. The zero-order chi connectivity index (χ0) is 21.5. The van der Waals surface area contributed by atoms with E-state index < -0.39 is 23.7 Å². The van der Waals surface area contributed by atoms with E-state index in [-0.39, 0.29) is 36.3 Å². The van der Waals surface area contributed by atoms with E-state index in [9.17, 15) is 27.2 Å². The van der Waals surface area contributed by atoms with Gasteiger partial charge < -0.3 is 24.6 Å². The molecule has 0 spiro atoms. The average Bonchev–Trinajstić information content (AvgIpc) is 3.29. The van der Waals surface area contributed by atoms with Crippen LogP contribution in [0.3, 0.4) is 0 Å². The number of nitrogens with one attached hydrogen (secondary N) is 1. The molecule has 4 rings (SSSR count). The highest BCUT2D eigenvalue weighted by molar-refractivity contribution is 5.76. The van der Waals surface area contributed by atoms with Crippen LogP contribution in [0.4, 0.5) is 27.2 Å². The van der Waals surface area contributed by atoms with Crippen molar-refractivity contribution in [1.82, 2.24) is 15.1 Å². The summed E-state index contributed by atoms with van der Waals surface area (Å²) in [6, 6.07) is 2.14. The molecule has 0 bridgehead atoms. The fourth-order valence-corrected chi connectivity index (χ4v) is 3.89. The van der Waals surface area contributed by atoms with Crippen molar-refractivity contribution in [3.63, 3.8) is 0 Å². The number of likely N-dealkylation sites (tertiary alicyclic amines) is 2. The first-order valence-electron chi connectivity index (χ1n) is 9.65. The van der Waals surface area contributed by atoms with E-state index in [0.29, 0.717) is 38.9 Å². The Kier molecular flexibility index (Phi) is 5.48. The summed E-state index contributed by atoms with van der Waals surface area (Å²) in [4.78, 5) is 27.1. The van der Waals surface area contributed by atoms with Crippen molar-refractivity contribution in [1.29, 1.82) is 0 Å². The van der Waals surface area contributed by atoms with Crippen LogP contribution in [0.15, 0.2) is 18.2 Å². The molecule has 0 aliphatic carbocycles. The number of halogens is 4. The third kappa shape index (κ3) is 4.30. The Labute approximate surface area is 169 Å². The van der Waals surface area contributed by atoms with Gasteiger partial charge in [0.15, 0.2) is 0 Å². The van der Waals surface area contributed by atoms with E-state index >= 15 is 0 Å². The first kappa shape index (κ1) is 20.7. The molecule has 3 amide bonds. The number of benzene rings is 1. The highest BCUT2D eigenvalue weighted by atomic mass is 19.4. The third-order valence-electron chi connectivity index (χ3n) is 5.73. The molecule has 1 aromatic rings. The smallest absolute Gasteiger partial charge is 0.416 e. The van der Waals surface area contributed by atoms with Gasteiger partial charge in [-0.05, 0) is 18.6 Å². The lowest BCUT2D eigenvalue weighted by Gasteiger charge is -2.40. The van der Waals surface area contributed by atoms with Crippen LogP contribution >= 0.6 is 0 Å². The summed E-state index contributed by atoms with van der Waals surface area (Å²) in [7, 11) is 0. The quantitative estimate of drug-likeness (QED) is 0.745. The van der Waals surface area contributed by atoms with Gasteiger partial charge in [-0.15, -0.1) is 0 Å². The minimum atomic E-state index is -4.60. The van der Waals surface area contributed by atoms with Crippen LogP contribution in [0.5, 0.6) is 0 Å². The summed E-state index contributed by atoms with van der Waals surface area (Å²) in [5, 5.41) is 2.74. The van der Waals surface area contributed by atoms with Gasteiger partial charge in [-0.25, -0.2) is 14.0 Å². The molecule has 3 heterocycles. The summed E-state index contributed by atoms with van der Waals surface area (Å²) in [6.07, 6.45) is -4.55. The topological polar surface area (TPSA) is 71.1 Å². The van der Waals surface area contributed by atoms with Crippen molar-refractivity contribution < 1.29 is 36.6 Å². The van der Waals surface area contributed by atoms with Crippen LogP contribution in [-0.2, 0) is 22.3 Å². The van der Waals surface area contributed by atoms with Crippen molar-refractivity contribution in [2.75, 3.05) is 32.8 Å². The van der Waals surface area contributed by atoms with Gasteiger partial charge in [-0.2, -0.15) is 13.2 Å². The molecule has 164 valence electrons. The number of hydrogen-bond acceptors (Lipinski definition) is 4. The maximum atomic E-state index is 13.9. The van der Waals surface area contributed by atoms with E-state index in [1.54, 1.807) is 9.80 Å². The summed E-state index contributed by atoms with van der Waals surface area (Å²) < 4.78 is 62.1. The van der Waals surface area contributed by atoms with E-state index in [1.165, 1.54) is 0 Å². The van der Waals surface area contributed by atoms with Crippen molar-refractivity contribution >= 4 is 12.1 Å². The number of cyclic esters (lactones) is 1. The van der Waals surface area contributed by atoms with E-state index in [0.717, 1.165) is 18.6 Å². The molecule has 30 heavy (non-hydrogen) atoms. The Bertz CT molecular complexity index is 828. The predicted octanol–water partition coefficient (Wildman–Crippen LogP) is 2.60. The number of urea groups is 1. The van der Waals surface area contributed by atoms with Crippen molar-refractivity contribution in [3.8, 4) is 0 Å². The molecule has 0 aromatic heterocycles. The van der Waals surface area contributed by atoms with E-state index in [1.807, 2.05) is 0 Å². The highest BCUT2D eigenvalue weighted by Gasteiger charge is 2.40. The summed E-state index contributed by atoms with van der Waals surface area (Å²) >= 11 is 0. The second-order valence-corrected chi connectivity index (χ2v) is 7.77. The normalized spacial score (nSPS) is 24.6. The second-order valence-electron chi connectivity index (χ2n) is 7.77. The van der Waals surface area contributed by atoms with Gasteiger partial charge in [-0.3, -0.25) is 0 Å². The number of alkyl halides is 3. The molecule has 3 aliphatic rings. The second kappa shape index (κ2) is 7.93. The molecule has 7 nitrogen and oxygen atoms in total. The maximum Gasteiger partial charge on any atom is 0.416 e. The molecule has 0 radical (unpaired) electrons. The maximum absolute atomic E-state index is 13.9. The van der Waals surface area contributed by atoms with Crippen LogP contribution < -0.4 is 5.32 Å². The van der Waals surface area contributed by atoms with Gasteiger partial charge in [-0.1, -0.05) is 6.07 Å².